The largest absolute Gasteiger partial charge is 0.379 e. The van der Waals surface area contributed by atoms with Crippen LogP contribution in [-0.4, -0.2) is 24.8 Å². The highest BCUT2D eigenvalue weighted by Crippen LogP contribution is 2.27. The first-order valence-electron chi connectivity index (χ1n) is 6.85. The molecule has 0 bridgehead atoms. The molecule has 0 unspecified atom stereocenters. The third-order valence-electron chi connectivity index (χ3n) is 3.50. The van der Waals surface area contributed by atoms with Crippen molar-refractivity contribution in [2.24, 2.45) is 0 Å². The van der Waals surface area contributed by atoms with Crippen molar-refractivity contribution in [3.63, 3.8) is 0 Å². The maximum absolute atomic E-state index is 13.7. The fourth-order valence-corrected chi connectivity index (χ4v) is 2.46. The Kier molecular flexibility index (Phi) is 3.00. The van der Waals surface area contributed by atoms with Crippen molar-refractivity contribution in [3.8, 4) is 11.5 Å². The molecule has 0 atom stereocenters. The summed E-state index contributed by atoms with van der Waals surface area (Å²) < 4.78 is 20.1. The number of nitrogens with zero attached hydrogens (tertiary/aromatic N) is 5. The zero-order chi connectivity index (χ0) is 15.8. The molecule has 23 heavy (non-hydrogen) atoms. The Hall–Kier alpha value is -3.29. The summed E-state index contributed by atoms with van der Waals surface area (Å²) in [5.74, 6) is 0.254. The Labute approximate surface area is 129 Å². The first kappa shape index (κ1) is 13.4. The van der Waals surface area contributed by atoms with Gasteiger partial charge in [-0.3, -0.25) is 4.98 Å². The van der Waals surface area contributed by atoms with Crippen LogP contribution in [0.25, 0.3) is 22.6 Å². The lowest BCUT2D eigenvalue weighted by atomic mass is 10.2. The molecular weight excluding hydrogens is 299 g/mol. The van der Waals surface area contributed by atoms with Gasteiger partial charge in [0.2, 0.25) is 0 Å². The number of pyridine rings is 1. The number of nitrogens with two attached hydrogens (primary N) is 1. The maximum Gasteiger partial charge on any atom is 0.199 e. The van der Waals surface area contributed by atoms with Crippen LogP contribution >= 0.6 is 0 Å². The van der Waals surface area contributed by atoms with Crippen molar-refractivity contribution in [2.75, 3.05) is 5.73 Å². The Morgan fingerprint density at radius 3 is 2.87 bits per heavy atom. The van der Waals surface area contributed by atoms with Crippen LogP contribution in [0.5, 0.6) is 0 Å². The predicted molar refractivity (Wildman–Crippen MR) is 80.7 cm³/mol. The second-order valence-electron chi connectivity index (χ2n) is 5.01. The van der Waals surface area contributed by atoms with Crippen molar-refractivity contribution in [1.82, 2.24) is 24.8 Å². The van der Waals surface area contributed by atoms with Crippen molar-refractivity contribution >= 4 is 16.9 Å². The Balaban J connectivity index is 1.95. The molecule has 0 saturated carbocycles. The molecule has 3 heterocycles. The summed E-state index contributed by atoms with van der Waals surface area (Å²) in [4.78, 5) is 8.58. The molecule has 0 aliphatic rings. The molecule has 0 saturated heterocycles. The second-order valence-corrected chi connectivity index (χ2v) is 5.01. The van der Waals surface area contributed by atoms with E-state index in [9.17, 15) is 4.39 Å². The third kappa shape index (κ3) is 2.30. The van der Waals surface area contributed by atoms with Crippen LogP contribution in [0.4, 0.5) is 10.2 Å². The summed E-state index contributed by atoms with van der Waals surface area (Å²) >= 11 is 0. The van der Waals surface area contributed by atoms with Crippen LogP contribution in [0, 0.1) is 5.82 Å². The lowest BCUT2D eigenvalue weighted by Crippen LogP contribution is -2.04. The number of hydrogen-bond donors (Lipinski definition) is 1. The van der Waals surface area contributed by atoms with Gasteiger partial charge in [-0.25, -0.2) is 14.0 Å². The van der Waals surface area contributed by atoms with Gasteiger partial charge in [0.05, 0.1) is 17.6 Å². The highest BCUT2D eigenvalue weighted by Gasteiger charge is 2.19. The van der Waals surface area contributed by atoms with Gasteiger partial charge in [-0.2, -0.15) is 0 Å². The van der Waals surface area contributed by atoms with E-state index in [0.717, 1.165) is 5.56 Å². The highest BCUT2D eigenvalue weighted by molar-refractivity contribution is 5.81. The lowest BCUT2D eigenvalue weighted by Gasteiger charge is -2.07. The summed E-state index contributed by atoms with van der Waals surface area (Å²) in [6, 6.07) is 8.15. The molecule has 0 aliphatic carbocycles. The van der Waals surface area contributed by atoms with Crippen molar-refractivity contribution in [1.29, 1.82) is 0 Å². The molecule has 3 aromatic heterocycles. The van der Waals surface area contributed by atoms with Crippen LogP contribution in [0.15, 0.2) is 47.4 Å². The molecule has 114 valence electrons. The topological polar surface area (TPSA) is 95.6 Å². The number of hydrogen-bond acceptors (Lipinski definition) is 6. The number of halogens is 1. The average Bonchev–Trinajstić information content (AvgIpc) is 3.12. The molecule has 0 aliphatic heterocycles. The molecular formula is C15H11FN6O. The standard InChI is InChI=1S/C15H11FN6O/c16-10-3-4-11-12(6-10)22(8-9-2-1-5-18-7-9)15(19-11)13-14(17)21-23-20-13/h1-7H,8H2,(H2,17,21). The molecule has 1 aromatic carbocycles. The summed E-state index contributed by atoms with van der Waals surface area (Å²) in [5, 5.41) is 7.38. The predicted octanol–water partition coefficient (Wildman–Crippen LogP) is 2.25. The van der Waals surface area contributed by atoms with Crippen LogP contribution in [-0.2, 0) is 6.54 Å². The normalized spacial score (nSPS) is 11.2. The average molecular weight is 310 g/mol. The number of anilines is 1. The Morgan fingerprint density at radius 1 is 1.22 bits per heavy atom. The molecule has 0 radical (unpaired) electrons. The fourth-order valence-electron chi connectivity index (χ4n) is 2.46. The SMILES string of the molecule is Nc1nonc1-c1nc2ccc(F)cc2n1Cc1cccnc1. The van der Waals surface area contributed by atoms with E-state index >= 15 is 0 Å². The first-order chi connectivity index (χ1) is 11.2. The summed E-state index contributed by atoms with van der Waals surface area (Å²) in [6.45, 7) is 0.440. The van der Waals surface area contributed by atoms with Gasteiger partial charge in [-0.15, -0.1) is 0 Å². The summed E-state index contributed by atoms with van der Waals surface area (Å²) in [5.41, 5.74) is 8.30. The lowest BCUT2D eigenvalue weighted by molar-refractivity contribution is 0.310. The second kappa shape index (κ2) is 5.16. The van der Waals surface area contributed by atoms with Crippen molar-refractivity contribution in [3.05, 3.63) is 54.1 Å². The van der Waals surface area contributed by atoms with E-state index in [0.29, 0.717) is 29.1 Å². The minimum absolute atomic E-state index is 0.133. The molecule has 0 spiro atoms. The zero-order valence-electron chi connectivity index (χ0n) is 11.8. The number of nitrogen functional groups attached to an aromatic ring is 1. The zero-order valence-corrected chi connectivity index (χ0v) is 11.8. The van der Waals surface area contributed by atoms with Crippen LogP contribution in [0.3, 0.4) is 0 Å². The fraction of sp³-hybridized carbons (Fsp3) is 0.0667. The van der Waals surface area contributed by atoms with E-state index in [-0.39, 0.29) is 11.6 Å². The minimum atomic E-state index is -0.345. The van der Waals surface area contributed by atoms with E-state index in [1.165, 1.54) is 12.1 Å². The van der Waals surface area contributed by atoms with Gasteiger partial charge < -0.3 is 10.3 Å². The van der Waals surface area contributed by atoms with Gasteiger partial charge in [-0.1, -0.05) is 6.07 Å². The monoisotopic (exact) mass is 310 g/mol. The number of benzene rings is 1. The van der Waals surface area contributed by atoms with E-state index < -0.39 is 0 Å². The number of aromatic nitrogens is 5. The molecule has 2 N–H and O–H groups in total. The van der Waals surface area contributed by atoms with Gasteiger partial charge in [-0.05, 0) is 40.1 Å². The molecule has 8 heteroatoms. The van der Waals surface area contributed by atoms with E-state index in [2.05, 4.69) is 24.9 Å². The van der Waals surface area contributed by atoms with Crippen LogP contribution in [0.2, 0.25) is 0 Å². The van der Waals surface area contributed by atoms with Crippen molar-refractivity contribution in [2.45, 2.75) is 6.54 Å². The van der Waals surface area contributed by atoms with Crippen molar-refractivity contribution < 1.29 is 9.02 Å². The molecule has 4 rings (SSSR count). The van der Waals surface area contributed by atoms with Crippen LogP contribution in [0.1, 0.15) is 5.56 Å². The van der Waals surface area contributed by atoms with E-state index in [1.54, 1.807) is 18.5 Å². The number of rotatable bonds is 3. The highest BCUT2D eigenvalue weighted by atomic mass is 19.1. The Bertz CT molecular complexity index is 978. The summed E-state index contributed by atoms with van der Waals surface area (Å²) in [7, 11) is 0. The molecule has 7 nitrogen and oxygen atoms in total. The summed E-state index contributed by atoms with van der Waals surface area (Å²) in [6.07, 6.45) is 3.43. The van der Waals surface area contributed by atoms with Gasteiger partial charge in [0.15, 0.2) is 17.3 Å². The van der Waals surface area contributed by atoms with E-state index in [1.807, 2.05) is 16.7 Å². The van der Waals surface area contributed by atoms with Gasteiger partial charge >= 0.3 is 0 Å². The van der Waals surface area contributed by atoms with Crippen LogP contribution < -0.4 is 5.73 Å². The molecule has 4 aromatic rings. The smallest absolute Gasteiger partial charge is 0.199 e. The number of fused-ring (bicyclic) bond motifs is 1. The van der Waals surface area contributed by atoms with Gasteiger partial charge in [0.25, 0.3) is 0 Å². The van der Waals surface area contributed by atoms with E-state index in [4.69, 9.17) is 5.73 Å². The number of imidazole rings is 1. The first-order valence-corrected chi connectivity index (χ1v) is 6.85. The molecule has 0 fully saturated rings. The molecule has 0 amide bonds. The van der Waals surface area contributed by atoms with Gasteiger partial charge in [0, 0.05) is 12.4 Å². The third-order valence-corrected chi connectivity index (χ3v) is 3.50. The Morgan fingerprint density at radius 2 is 2.13 bits per heavy atom. The van der Waals surface area contributed by atoms with Gasteiger partial charge in [0.1, 0.15) is 5.82 Å². The maximum atomic E-state index is 13.7. The quantitative estimate of drug-likeness (QED) is 0.623. The minimum Gasteiger partial charge on any atom is -0.379 e.